The Morgan fingerprint density at radius 3 is 2.94 bits per heavy atom. The number of rotatable bonds is 5. The Morgan fingerprint density at radius 1 is 1.44 bits per heavy atom. The molecule has 16 heavy (non-hydrogen) atoms. The van der Waals surface area contributed by atoms with Gasteiger partial charge in [0, 0.05) is 30.0 Å². The molecule has 4 nitrogen and oxygen atoms in total. The van der Waals surface area contributed by atoms with Gasteiger partial charge in [0.25, 0.3) is 0 Å². The molecule has 0 spiro atoms. The van der Waals surface area contributed by atoms with Gasteiger partial charge in [-0.3, -0.25) is 4.68 Å². The van der Waals surface area contributed by atoms with E-state index in [-0.39, 0.29) is 0 Å². The van der Waals surface area contributed by atoms with Crippen molar-refractivity contribution in [2.75, 3.05) is 0 Å². The third-order valence-electron chi connectivity index (χ3n) is 2.38. The zero-order valence-electron chi connectivity index (χ0n) is 9.50. The molecule has 0 saturated carbocycles. The average molecular weight is 236 g/mol. The first-order valence-corrected chi connectivity index (χ1v) is 6.26. The van der Waals surface area contributed by atoms with Gasteiger partial charge >= 0.3 is 0 Å². The fourth-order valence-corrected chi connectivity index (χ4v) is 2.34. The third-order valence-corrected chi connectivity index (χ3v) is 3.33. The van der Waals surface area contributed by atoms with Gasteiger partial charge in [-0.25, -0.2) is 4.98 Å². The van der Waals surface area contributed by atoms with Crippen molar-refractivity contribution in [2.24, 2.45) is 0 Å². The lowest BCUT2D eigenvalue weighted by atomic mass is 10.2. The van der Waals surface area contributed by atoms with Gasteiger partial charge in [0.15, 0.2) is 0 Å². The van der Waals surface area contributed by atoms with Crippen LogP contribution in [0.15, 0.2) is 30.0 Å². The van der Waals surface area contributed by atoms with E-state index in [9.17, 15) is 0 Å². The summed E-state index contributed by atoms with van der Waals surface area (Å²) in [6.07, 6.45) is 5.62. The van der Waals surface area contributed by atoms with E-state index in [1.165, 1.54) is 0 Å². The second-order valence-corrected chi connectivity index (χ2v) is 4.81. The Hall–Kier alpha value is -1.20. The van der Waals surface area contributed by atoms with Crippen LogP contribution >= 0.6 is 11.3 Å². The number of hydrogen-bond donors (Lipinski definition) is 1. The topological polar surface area (TPSA) is 42.7 Å². The number of nitrogens with zero attached hydrogens (tertiary/aromatic N) is 3. The van der Waals surface area contributed by atoms with Crippen molar-refractivity contribution in [3.05, 3.63) is 35.0 Å². The molecule has 0 bridgehead atoms. The molecule has 2 heterocycles. The zero-order chi connectivity index (χ0) is 11.4. The predicted molar refractivity (Wildman–Crippen MR) is 65.4 cm³/mol. The summed E-state index contributed by atoms with van der Waals surface area (Å²) in [7, 11) is 0. The minimum Gasteiger partial charge on any atom is -0.304 e. The van der Waals surface area contributed by atoms with E-state index in [0.717, 1.165) is 11.6 Å². The van der Waals surface area contributed by atoms with Crippen LogP contribution in [0.2, 0.25) is 0 Å². The molecule has 86 valence electrons. The Kier molecular flexibility index (Phi) is 3.69. The van der Waals surface area contributed by atoms with Gasteiger partial charge in [0.05, 0.1) is 12.6 Å². The molecule has 0 aromatic carbocycles. The third kappa shape index (κ3) is 2.90. The molecule has 2 aromatic rings. The van der Waals surface area contributed by atoms with E-state index in [2.05, 4.69) is 29.2 Å². The first kappa shape index (κ1) is 11.3. The Labute approximate surface area is 99.3 Å². The molecule has 2 unspecified atom stereocenters. The molecule has 1 N–H and O–H groups in total. The molecule has 0 saturated heterocycles. The standard InChI is InChI=1S/C11H16N4S/c1-9(8-15-6-3-4-13-15)14-10(2)11-12-5-7-16-11/h3-7,9-10,14H,8H2,1-2H3. The lowest BCUT2D eigenvalue weighted by Crippen LogP contribution is -2.32. The Balaban J connectivity index is 1.85. The lowest BCUT2D eigenvalue weighted by Gasteiger charge is -2.18. The maximum atomic E-state index is 4.30. The number of thiazole rings is 1. The van der Waals surface area contributed by atoms with E-state index in [0.29, 0.717) is 12.1 Å². The molecule has 0 fully saturated rings. The molecule has 0 aliphatic carbocycles. The maximum absolute atomic E-state index is 4.30. The van der Waals surface area contributed by atoms with E-state index < -0.39 is 0 Å². The summed E-state index contributed by atoms with van der Waals surface area (Å²) >= 11 is 1.68. The minimum absolute atomic E-state index is 0.297. The van der Waals surface area contributed by atoms with E-state index in [4.69, 9.17) is 0 Å². The van der Waals surface area contributed by atoms with Gasteiger partial charge < -0.3 is 5.32 Å². The van der Waals surface area contributed by atoms with Crippen molar-refractivity contribution >= 4 is 11.3 Å². The SMILES string of the molecule is CC(Cn1cccn1)NC(C)c1nccs1. The Bertz CT molecular complexity index is 396. The van der Waals surface area contributed by atoms with Gasteiger partial charge in [-0.1, -0.05) is 0 Å². The van der Waals surface area contributed by atoms with Crippen LogP contribution in [-0.2, 0) is 6.54 Å². The average Bonchev–Trinajstić information content (AvgIpc) is 2.88. The fraction of sp³-hybridized carbons (Fsp3) is 0.455. The van der Waals surface area contributed by atoms with Gasteiger partial charge in [-0.05, 0) is 19.9 Å². The maximum Gasteiger partial charge on any atom is 0.109 e. The molecule has 0 radical (unpaired) electrons. The van der Waals surface area contributed by atoms with Crippen molar-refractivity contribution in [2.45, 2.75) is 32.5 Å². The predicted octanol–water partition coefficient (Wildman–Crippen LogP) is 2.08. The van der Waals surface area contributed by atoms with E-state index >= 15 is 0 Å². The summed E-state index contributed by atoms with van der Waals surface area (Å²) in [4.78, 5) is 4.30. The van der Waals surface area contributed by atoms with Crippen LogP contribution < -0.4 is 5.32 Å². The number of nitrogens with one attached hydrogen (secondary N) is 1. The second-order valence-electron chi connectivity index (χ2n) is 3.89. The molecule has 0 aliphatic rings. The molecular formula is C11H16N4S. The Morgan fingerprint density at radius 2 is 2.31 bits per heavy atom. The molecule has 2 aromatic heterocycles. The fourth-order valence-electron chi connectivity index (χ4n) is 1.69. The van der Waals surface area contributed by atoms with Crippen molar-refractivity contribution in [1.82, 2.24) is 20.1 Å². The van der Waals surface area contributed by atoms with Crippen molar-refractivity contribution in [1.29, 1.82) is 0 Å². The normalized spacial score (nSPS) is 14.9. The van der Waals surface area contributed by atoms with Gasteiger partial charge in [-0.15, -0.1) is 11.3 Å². The molecule has 0 aliphatic heterocycles. The van der Waals surface area contributed by atoms with Gasteiger partial charge in [0.1, 0.15) is 5.01 Å². The summed E-state index contributed by atoms with van der Waals surface area (Å²) in [5, 5.41) is 10.8. The highest BCUT2D eigenvalue weighted by atomic mass is 32.1. The van der Waals surface area contributed by atoms with Crippen LogP contribution in [-0.4, -0.2) is 20.8 Å². The van der Waals surface area contributed by atoms with Crippen molar-refractivity contribution < 1.29 is 0 Å². The molecule has 2 atom stereocenters. The number of hydrogen-bond acceptors (Lipinski definition) is 4. The van der Waals surface area contributed by atoms with E-state index in [1.54, 1.807) is 17.5 Å². The first-order valence-electron chi connectivity index (χ1n) is 5.38. The monoisotopic (exact) mass is 236 g/mol. The van der Waals surface area contributed by atoms with Gasteiger partial charge in [0.2, 0.25) is 0 Å². The number of aromatic nitrogens is 3. The largest absolute Gasteiger partial charge is 0.304 e. The highest BCUT2D eigenvalue weighted by Gasteiger charge is 2.11. The molecule has 0 amide bonds. The van der Waals surface area contributed by atoms with Gasteiger partial charge in [-0.2, -0.15) is 5.10 Å². The highest BCUT2D eigenvalue weighted by Crippen LogP contribution is 2.15. The summed E-state index contributed by atoms with van der Waals surface area (Å²) in [5.41, 5.74) is 0. The second kappa shape index (κ2) is 5.23. The van der Waals surface area contributed by atoms with Crippen LogP contribution in [0.3, 0.4) is 0 Å². The van der Waals surface area contributed by atoms with Crippen molar-refractivity contribution in [3.8, 4) is 0 Å². The summed E-state index contributed by atoms with van der Waals surface area (Å²) < 4.78 is 1.94. The summed E-state index contributed by atoms with van der Waals surface area (Å²) in [6, 6.07) is 2.61. The molecular weight excluding hydrogens is 220 g/mol. The van der Waals surface area contributed by atoms with Crippen molar-refractivity contribution in [3.63, 3.8) is 0 Å². The van der Waals surface area contributed by atoms with E-state index in [1.807, 2.05) is 28.5 Å². The first-order chi connectivity index (χ1) is 7.75. The van der Waals surface area contributed by atoms with Crippen LogP contribution in [0, 0.1) is 0 Å². The minimum atomic E-state index is 0.297. The van der Waals surface area contributed by atoms with Crippen LogP contribution in [0.1, 0.15) is 24.9 Å². The molecule has 5 heteroatoms. The highest BCUT2D eigenvalue weighted by molar-refractivity contribution is 7.09. The van der Waals surface area contributed by atoms with Crippen LogP contribution in [0.4, 0.5) is 0 Å². The smallest absolute Gasteiger partial charge is 0.109 e. The lowest BCUT2D eigenvalue weighted by molar-refractivity contribution is 0.412. The quantitative estimate of drug-likeness (QED) is 0.864. The molecule has 2 rings (SSSR count). The summed E-state index contributed by atoms with van der Waals surface area (Å²) in [5.74, 6) is 0. The summed E-state index contributed by atoms with van der Waals surface area (Å²) in [6.45, 7) is 5.17. The zero-order valence-corrected chi connectivity index (χ0v) is 10.3. The van der Waals surface area contributed by atoms with Crippen LogP contribution in [0.5, 0.6) is 0 Å². The van der Waals surface area contributed by atoms with Crippen LogP contribution in [0.25, 0.3) is 0 Å².